The molecule has 2 aliphatic heterocycles. The number of amides is 1. The van der Waals surface area contributed by atoms with E-state index in [9.17, 15) is 26.6 Å². The van der Waals surface area contributed by atoms with E-state index >= 15 is 0 Å². The third-order valence-electron chi connectivity index (χ3n) is 8.02. The number of piperidine rings is 1. The van der Waals surface area contributed by atoms with Crippen LogP contribution in [0.15, 0.2) is 36.5 Å². The number of aromatic nitrogens is 1. The van der Waals surface area contributed by atoms with Gasteiger partial charge in [0, 0.05) is 50.1 Å². The number of H-pyrrole nitrogens is 1. The molecule has 246 valence electrons. The van der Waals surface area contributed by atoms with Crippen LogP contribution in [-0.2, 0) is 33.5 Å². The average molecular weight is 655 g/mol. The number of ether oxygens (including phenoxy) is 1. The third kappa shape index (κ3) is 9.35. The Kier molecular flexibility index (Phi) is 11.7. The SMILES string of the molecule is CCS(=O)N1CCC(Cc2c[nH]c3c(C(N)=O)cc(-c4cc(F)cc(CNC[C@H]5CCCO5)c4)cc23)CC1.O=C(O)C(F)(F)F. The zero-order valence-electron chi connectivity index (χ0n) is 24.9. The standard InChI is InChI=1S/C29H37FN4O3S.C2HF3O2/c1-2-38(36)34-7-5-19(6-8-34)10-23-17-33-28-26(23)14-22(15-27(28)29(31)35)21-11-20(12-24(30)13-21)16-32-18-25-4-3-9-37-25;3-2(4,5)1(6)7/h11-15,17,19,25,32-33H,2-10,16,18H2,1H3,(H2,31,35);(H,6,7)/t25-,38?;/m1./s1. The van der Waals surface area contributed by atoms with Crippen molar-refractivity contribution in [3.63, 3.8) is 0 Å². The predicted octanol–water partition coefficient (Wildman–Crippen LogP) is 4.91. The fourth-order valence-electron chi connectivity index (χ4n) is 5.73. The van der Waals surface area contributed by atoms with Gasteiger partial charge in [0.25, 0.3) is 5.91 Å². The van der Waals surface area contributed by atoms with E-state index in [1.807, 2.05) is 25.3 Å². The van der Waals surface area contributed by atoms with Crippen LogP contribution in [0.4, 0.5) is 17.6 Å². The number of hydrogen-bond acceptors (Lipinski definition) is 5. The molecule has 3 aromatic rings. The molecule has 2 aromatic carbocycles. The Morgan fingerprint density at radius 2 is 1.82 bits per heavy atom. The number of carbonyl (C=O) groups is 2. The fourth-order valence-corrected chi connectivity index (χ4v) is 6.71. The summed E-state index contributed by atoms with van der Waals surface area (Å²) < 4.78 is 66.3. The summed E-state index contributed by atoms with van der Waals surface area (Å²) in [6.45, 7) is 5.69. The molecular weight excluding hydrogens is 616 g/mol. The number of aromatic amines is 1. The van der Waals surface area contributed by atoms with Gasteiger partial charge in [0.05, 0.1) is 28.2 Å². The van der Waals surface area contributed by atoms with Gasteiger partial charge in [-0.1, -0.05) is 6.92 Å². The van der Waals surface area contributed by atoms with Crippen LogP contribution in [0.1, 0.15) is 54.1 Å². The van der Waals surface area contributed by atoms with Gasteiger partial charge in [-0.3, -0.25) is 4.79 Å². The number of carbonyl (C=O) groups excluding carboxylic acids is 1. The van der Waals surface area contributed by atoms with Crippen molar-refractivity contribution in [2.45, 2.75) is 57.9 Å². The molecule has 9 nitrogen and oxygen atoms in total. The van der Waals surface area contributed by atoms with Gasteiger partial charge in [-0.05, 0) is 90.6 Å². The maximum Gasteiger partial charge on any atom is 0.490 e. The minimum Gasteiger partial charge on any atom is -0.475 e. The first kappa shape index (κ1) is 34.5. The third-order valence-corrected chi connectivity index (χ3v) is 9.45. The quantitative estimate of drug-likeness (QED) is 0.229. The van der Waals surface area contributed by atoms with Crippen molar-refractivity contribution in [3.8, 4) is 11.1 Å². The van der Waals surface area contributed by atoms with Crippen molar-refractivity contribution in [3.05, 3.63) is 59.0 Å². The molecule has 2 saturated heterocycles. The summed E-state index contributed by atoms with van der Waals surface area (Å²) in [4.78, 5) is 24.6. The van der Waals surface area contributed by atoms with Crippen LogP contribution >= 0.6 is 0 Å². The van der Waals surface area contributed by atoms with E-state index in [1.54, 1.807) is 12.1 Å². The second kappa shape index (κ2) is 15.3. The molecule has 0 saturated carbocycles. The van der Waals surface area contributed by atoms with E-state index in [-0.39, 0.29) is 11.9 Å². The number of nitrogens with one attached hydrogen (secondary N) is 2. The molecular formula is C31H38F4N4O5S. The highest BCUT2D eigenvalue weighted by molar-refractivity contribution is 7.82. The first-order valence-electron chi connectivity index (χ1n) is 14.8. The van der Waals surface area contributed by atoms with Crippen LogP contribution in [0.5, 0.6) is 0 Å². The van der Waals surface area contributed by atoms with Crippen molar-refractivity contribution >= 4 is 33.8 Å². The molecule has 0 spiro atoms. The topological polar surface area (TPSA) is 138 Å². The van der Waals surface area contributed by atoms with Gasteiger partial charge in [0.15, 0.2) is 0 Å². The molecule has 1 unspecified atom stereocenters. The molecule has 1 aromatic heterocycles. The Bertz CT molecular complexity index is 1520. The maximum absolute atomic E-state index is 14.7. The molecule has 2 aliphatic rings. The lowest BCUT2D eigenvalue weighted by Crippen LogP contribution is -2.36. The summed E-state index contributed by atoms with van der Waals surface area (Å²) in [5.74, 6) is -2.47. The first-order valence-corrected chi connectivity index (χ1v) is 16.1. The van der Waals surface area contributed by atoms with Gasteiger partial charge in [0.2, 0.25) is 0 Å². The van der Waals surface area contributed by atoms with Crippen LogP contribution in [0.3, 0.4) is 0 Å². The van der Waals surface area contributed by atoms with Gasteiger partial charge in [-0.25, -0.2) is 17.7 Å². The lowest BCUT2D eigenvalue weighted by molar-refractivity contribution is -0.192. The lowest BCUT2D eigenvalue weighted by atomic mass is 9.89. The Morgan fingerprint density at radius 1 is 1.13 bits per heavy atom. The summed E-state index contributed by atoms with van der Waals surface area (Å²) in [5.41, 5.74) is 10.3. The number of carboxylic acids is 1. The maximum atomic E-state index is 14.7. The van der Waals surface area contributed by atoms with Crippen LogP contribution < -0.4 is 11.1 Å². The lowest BCUT2D eigenvalue weighted by Gasteiger charge is -2.30. The zero-order chi connectivity index (χ0) is 32.7. The number of hydrogen-bond donors (Lipinski definition) is 4. The Morgan fingerprint density at radius 3 is 2.42 bits per heavy atom. The van der Waals surface area contributed by atoms with Gasteiger partial charge in [-0.15, -0.1) is 0 Å². The monoisotopic (exact) mass is 654 g/mol. The Labute approximate surface area is 261 Å². The van der Waals surface area contributed by atoms with Gasteiger partial charge in [-0.2, -0.15) is 13.2 Å². The molecule has 2 atom stereocenters. The largest absolute Gasteiger partial charge is 0.490 e. The molecule has 3 heterocycles. The number of aliphatic carboxylic acids is 1. The highest BCUT2D eigenvalue weighted by atomic mass is 32.2. The average Bonchev–Trinajstić information content (AvgIpc) is 3.66. The molecule has 0 bridgehead atoms. The fraction of sp³-hybridized carbons (Fsp3) is 0.484. The van der Waals surface area contributed by atoms with Crippen LogP contribution in [0, 0.1) is 11.7 Å². The number of alkyl halides is 3. The smallest absolute Gasteiger partial charge is 0.475 e. The van der Waals surface area contributed by atoms with Crippen LogP contribution in [0.25, 0.3) is 22.0 Å². The summed E-state index contributed by atoms with van der Waals surface area (Å²) in [6, 6.07) is 8.80. The van der Waals surface area contributed by atoms with Crippen molar-refractivity contribution in [2.75, 3.05) is 32.0 Å². The van der Waals surface area contributed by atoms with Gasteiger partial charge in [0.1, 0.15) is 5.82 Å². The normalized spacial score (nSPS) is 18.5. The number of primary amides is 1. The summed E-state index contributed by atoms with van der Waals surface area (Å²) in [7, 11) is -0.895. The van der Waals surface area contributed by atoms with Crippen LogP contribution in [-0.4, -0.2) is 74.8 Å². The number of benzene rings is 2. The minimum absolute atomic E-state index is 0.219. The number of halogens is 4. The van der Waals surface area contributed by atoms with Crippen molar-refractivity contribution in [2.24, 2.45) is 11.7 Å². The van der Waals surface area contributed by atoms with Crippen LogP contribution in [0.2, 0.25) is 0 Å². The predicted molar refractivity (Wildman–Crippen MR) is 163 cm³/mol. The number of nitrogens with two attached hydrogens (primary N) is 1. The van der Waals surface area contributed by atoms with E-state index in [2.05, 4.69) is 14.6 Å². The highest BCUT2D eigenvalue weighted by Crippen LogP contribution is 2.33. The second-order valence-corrected chi connectivity index (χ2v) is 13.0. The molecule has 5 N–H and O–H groups in total. The summed E-state index contributed by atoms with van der Waals surface area (Å²) in [5, 5.41) is 11.4. The van der Waals surface area contributed by atoms with Crippen molar-refractivity contribution < 1.29 is 41.2 Å². The first-order chi connectivity index (χ1) is 21.3. The summed E-state index contributed by atoms with van der Waals surface area (Å²) in [6.07, 6.45) is 2.05. The molecule has 14 heteroatoms. The van der Waals surface area contributed by atoms with E-state index in [0.717, 1.165) is 85.9 Å². The molecule has 5 rings (SSSR count). The van der Waals surface area contributed by atoms with E-state index < -0.39 is 29.0 Å². The van der Waals surface area contributed by atoms with E-state index in [4.69, 9.17) is 20.4 Å². The number of carboxylic acid groups (broad SMARTS) is 1. The Hall–Kier alpha value is -3.33. The van der Waals surface area contributed by atoms with Crippen molar-refractivity contribution in [1.82, 2.24) is 14.6 Å². The van der Waals surface area contributed by atoms with E-state index in [1.165, 1.54) is 6.07 Å². The number of fused-ring (bicyclic) bond motifs is 1. The number of nitrogens with zero attached hydrogens (tertiary/aromatic N) is 1. The van der Waals surface area contributed by atoms with Crippen molar-refractivity contribution in [1.29, 1.82) is 0 Å². The minimum atomic E-state index is -5.08. The number of rotatable bonds is 10. The van der Waals surface area contributed by atoms with Gasteiger partial charge < -0.3 is 25.9 Å². The zero-order valence-corrected chi connectivity index (χ0v) is 25.7. The summed E-state index contributed by atoms with van der Waals surface area (Å²) >= 11 is 0. The highest BCUT2D eigenvalue weighted by Gasteiger charge is 2.38. The van der Waals surface area contributed by atoms with Gasteiger partial charge >= 0.3 is 12.1 Å². The second-order valence-electron chi connectivity index (χ2n) is 11.2. The molecule has 1 amide bonds. The molecule has 2 fully saturated rings. The molecule has 0 radical (unpaired) electrons. The van der Waals surface area contributed by atoms with E-state index in [0.29, 0.717) is 29.3 Å². The Balaban J connectivity index is 0.000000591. The molecule has 45 heavy (non-hydrogen) atoms. The molecule has 0 aliphatic carbocycles.